The van der Waals surface area contributed by atoms with E-state index in [0.717, 1.165) is 17.5 Å². The van der Waals surface area contributed by atoms with Crippen LogP contribution in [0.5, 0.6) is 0 Å². The van der Waals surface area contributed by atoms with Gasteiger partial charge in [0.15, 0.2) is 0 Å². The molecular weight excluding hydrogens is 268 g/mol. The van der Waals surface area contributed by atoms with Crippen molar-refractivity contribution >= 4 is 11.8 Å². The van der Waals surface area contributed by atoms with Gasteiger partial charge in [0, 0.05) is 26.1 Å². The second-order valence-electron chi connectivity index (χ2n) is 5.35. The second-order valence-corrected chi connectivity index (χ2v) is 5.35. The molecule has 2 N–H and O–H groups in total. The van der Waals surface area contributed by atoms with Crippen molar-refractivity contribution in [2.75, 3.05) is 19.6 Å². The van der Waals surface area contributed by atoms with Crippen molar-refractivity contribution in [2.45, 2.75) is 26.4 Å². The van der Waals surface area contributed by atoms with Crippen molar-refractivity contribution in [2.24, 2.45) is 5.92 Å². The fraction of sp³-hybridized carbons (Fsp3) is 0.500. The van der Waals surface area contributed by atoms with Gasteiger partial charge in [0.25, 0.3) is 0 Å². The summed E-state index contributed by atoms with van der Waals surface area (Å²) in [4.78, 5) is 25.3. The van der Waals surface area contributed by atoms with Crippen LogP contribution in [0.25, 0.3) is 0 Å². The molecule has 21 heavy (non-hydrogen) atoms. The van der Waals surface area contributed by atoms with Gasteiger partial charge in [-0.15, -0.1) is 0 Å². The van der Waals surface area contributed by atoms with Crippen molar-refractivity contribution in [3.8, 4) is 0 Å². The Kier molecular flexibility index (Phi) is 5.33. The van der Waals surface area contributed by atoms with Crippen LogP contribution in [0, 0.1) is 5.92 Å². The van der Waals surface area contributed by atoms with Crippen molar-refractivity contribution < 1.29 is 14.7 Å². The summed E-state index contributed by atoms with van der Waals surface area (Å²) in [6, 6.07) is 7.67. The highest BCUT2D eigenvalue weighted by molar-refractivity contribution is 5.89. The average Bonchev–Trinajstić information content (AvgIpc) is 2.89. The van der Waals surface area contributed by atoms with Gasteiger partial charge in [-0.1, -0.05) is 24.3 Å². The number of carbonyl (C=O) groups is 2. The topological polar surface area (TPSA) is 69.6 Å². The Morgan fingerprint density at radius 2 is 2.00 bits per heavy atom. The lowest BCUT2D eigenvalue weighted by Gasteiger charge is -2.13. The molecule has 114 valence electrons. The van der Waals surface area contributed by atoms with E-state index in [1.54, 1.807) is 4.90 Å². The highest BCUT2D eigenvalue weighted by Gasteiger charge is 2.32. The van der Waals surface area contributed by atoms with Crippen LogP contribution in [-0.2, 0) is 22.6 Å². The lowest BCUT2D eigenvalue weighted by molar-refractivity contribution is -0.128. The first-order chi connectivity index (χ1) is 10.1. The second kappa shape index (κ2) is 7.22. The largest absolute Gasteiger partial charge is 0.392 e. The van der Waals surface area contributed by atoms with Crippen LogP contribution < -0.4 is 5.32 Å². The zero-order chi connectivity index (χ0) is 15.2. The van der Waals surface area contributed by atoms with E-state index in [0.29, 0.717) is 26.1 Å². The number of nitrogens with one attached hydrogen (secondary N) is 1. The summed E-state index contributed by atoms with van der Waals surface area (Å²) < 4.78 is 0. The van der Waals surface area contributed by atoms with E-state index in [1.807, 2.05) is 31.2 Å². The van der Waals surface area contributed by atoms with Gasteiger partial charge in [0.05, 0.1) is 12.5 Å². The molecule has 1 aromatic carbocycles. The molecule has 1 atom stereocenters. The van der Waals surface area contributed by atoms with Gasteiger partial charge in [-0.2, -0.15) is 0 Å². The van der Waals surface area contributed by atoms with E-state index in [1.165, 1.54) is 0 Å². The van der Waals surface area contributed by atoms with Crippen LogP contribution in [0.3, 0.4) is 0 Å². The third kappa shape index (κ3) is 4.04. The van der Waals surface area contributed by atoms with Gasteiger partial charge in [0.1, 0.15) is 0 Å². The van der Waals surface area contributed by atoms with Gasteiger partial charge < -0.3 is 15.3 Å². The lowest BCUT2D eigenvalue weighted by atomic mass is 10.1. The normalized spacial score (nSPS) is 18.1. The number of likely N-dealkylation sites (tertiary alicyclic amines) is 1. The first kappa shape index (κ1) is 15.5. The van der Waals surface area contributed by atoms with Gasteiger partial charge in [-0.3, -0.25) is 9.59 Å². The maximum absolute atomic E-state index is 12.0. The summed E-state index contributed by atoms with van der Waals surface area (Å²) in [5, 5.41) is 11.9. The number of rotatable bonds is 6. The zero-order valence-electron chi connectivity index (χ0n) is 12.3. The Morgan fingerprint density at radius 1 is 1.33 bits per heavy atom. The third-order valence-electron chi connectivity index (χ3n) is 3.89. The first-order valence-electron chi connectivity index (χ1n) is 7.38. The number of aliphatic hydroxyl groups is 1. The van der Waals surface area contributed by atoms with Crippen LogP contribution in [0.2, 0.25) is 0 Å². The Labute approximate surface area is 125 Å². The van der Waals surface area contributed by atoms with E-state index < -0.39 is 0 Å². The summed E-state index contributed by atoms with van der Waals surface area (Å²) in [6.45, 7) is 3.73. The van der Waals surface area contributed by atoms with Crippen molar-refractivity contribution in [1.82, 2.24) is 10.2 Å². The molecule has 2 amide bonds. The molecule has 0 aromatic heterocycles. The van der Waals surface area contributed by atoms with Gasteiger partial charge in [-0.05, 0) is 24.5 Å². The highest BCUT2D eigenvalue weighted by atomic mass is 16.3. The molecule has 0 bridgehead atoms. The molecule has 5 heteroatoms. The SMILES string of the molecule is CCN1CC(C(=O)NCCc2ccc(CO)cc2)CC1=O. The minimum absolute atomic E-state index is 0.0359. The molecule has 1 heterocycles. The molecule has 1 unspecified atom stereocenters. The Bertz CT molecular complexity index is 499. The monoisotopic (exact) mass is 290 g/mol. The molecule has 5 nitrogen and oxygen atoms in total. The summed E-state index contributed by atoms with van der Waals surface area (Å²) in [6.07, 6.45) is 1.07. The summed E-state index contributed by atoms with van der Waals surface area (Å²) in [7, 11) is 0. The smallest absolute Gasteiger partial charge is 0.225 e. The molecule has 1 aliphatic rings. The number of nitrogens with zero attached hydrogens (tertiary/aromatic N) is 1. The quantitative estimate of drug-likeness (QED) is 0.810. The summed E-state index contributed by atoms with van der Waals surface area (Å²) >= 11 is 0. The molecular formula is C16H22N2O3. The summed E-state index contributed by atoms with van der Waals surface area (Å²) in [5.41, 5.74) is 2.00. The number of aliphatic hydroxyl groups excluding tert-OH is 1. The van der Waals surface area contributed by atoms with Crippen LogP contribution in [0.15, 0.2) is 24.3 Å². The van der Waals surface area contributed by atoms with E-state index in [-0.39, 0.29) is 24.3 Å². The zero-order valence-corrected chi connectivity index (χ0v) is 12.3. The molecule has 1 aliphatic heterocycles. The van der Waals surface area contributed by atoms with Crippen molar-refractivity contribution in [1.29, 1.82) is 0 Å². The number of amides is 2. The van der Waals surface area contributed by atoms with Gasteiger partial charge in [0.2, 0.25) is 11.8 Å². The predicted octanol–water partition coefficient (Wildman–Crippen LogP) is 0.706. The summed E-state index contributed by atoms with van der Waals surface area (Å²) in [5.74, 6) is -0.183. The minimum Gasteiger partial charge on any atom is -0.392 e. The molecule has 0 aliphatic carbocycles. The number of hydrogen-bond donors (Lipinski definition) is 2. The Morgan fingerprint density at radius 3 is 2.57 bits per heavy atom. The maximum atomic E-state index is 12.0. The third-order valence-corrected chi connectivity index (χ3v) is 3.89. The molecule has 0 radical (unpaired) electrons. The number of carbonyl (C=O) groups excluding carboxylic acids is 2. The maximum Gasteiger partial charge on any atom is 0.225 e. The van der Waals surface area contributed by atoms with E-state index in [4.69, 9.17) is 5.11 Å². The average molecular weight is 290 g/mol. The highest BCUT2D eigenvalue weighted by Crippen LogP contribution is 2.17. The van der Waals surface area contributed by atoms with E-state index in [9.17, 15) is 9.59 Å². The molecule has 0 spiro atoms. The molecule has 0 saturated carbocycles. The minimum atomic E-state index is -0.214. The standard InChI is InChI=1S/C16H22N2O3/c1-2-18-10-14(9-15(18)20)16(21)17-8-7-12-3-5-13(11-19)6-4-12/h3-6,14,19H,2,7-11H2,1H3,(H,17,21). The first-order valence-corrected chi connectivity index (χ1v) is 7.38. The van der Waals surface area contributed by atoms with E-state index in [2.05, 4.69) is 5.32 Å². The predicted molar refractivity (Wildman–Crippen MR) is 79.4 cm³/mol. The van der Waals surface area contributed by atoms with Crippen LogP contribution >= 0.6 is 0 Å². The van der Waals surface area contributed by atoms with Crippen LogP contribution in [0.4, 0.5) is 0 Å². The van der Waals surface area contributed by atoms with Crippen molar-refractivity contribution in [3.05, 3.63) is 35.4 Å². The van der Waals surface area contributed by atoms with Crippen LogP contribution in [0.1, 0.15) is 24.5 Å². The Hall–Kier alpha value is -1.88. The Balaban J connectivity index is 1.75. The number of benzene rings is 1. The number of hydrogen-bond acceptors (Lipinski definition) is 3. The van der Waals surface area contributed by atoms with Crippen molar-refractivity contribution in [3.63, 3.8) is 0 Å². The van der Waals surface area contributed by atoms with E-state index >= 15 is 0 Å². The van der Waals surface area contributed by atoms with Gasteiger partial charge >= 0.3 is 0 Å². The molecule has 2 rings (SSSR count). The van der Waals surface area contributed by atoms with Gasteiger partial charge in [-0.25, -0.2) is 0 Å². The molecule has 1 saturated heterocycles. The lowest BCUT2D eigenvalue weighted by Crippen LogP contribution is -2.34. The fourth-order valence-corrected chi connectivity index (χ4v) is 2.54. The molecule has 1 fully saturated rings. The van der Waals surface area contributed by atoms with Crippen LogP contribution in [-0.4, -0.2) is 41.5 Å². The molecule has 1 aromatic rings. The fourth-order valence-electron chi connectivity index (χ4n) is 2.54.